The molecule has 0 aromatic rings. The largest absolute Gasteiger partial charge is 0.395 e. The van der Waals surface area contributed by atoms with Gasteiger partial charge in [-0.2, -0.15) is 0 Å². The molecule has 2 rings (SSSR count). The van der Waals surface area contributed by atoms with Crippen molar-refractivity contribution in [3.05, 3.63) is 0 Å². The van der Waals surface area contributed by atoms with Crippen LogP contribution in [0.4, 0.5) is 0 Å². The maximum absolute atomic E-state index is 9.77. The smallest absolute Gasteiger partial charge is 0.0586 e. The van der Waals surface area contributed by atoms with E-state index < -0.39 is 0 Å². The fourth-order valence-corrected chi connectivity index (χ4v) is 4.34. The van der Waals surface area contributed by atoms with Gasteiger partial charge in [-0.05, 0) is 44.2 Å². The molecule has 1 saturated carbocycles. The molecule has 1 aliphatic carbocycles. The van der Waals surface area contributed by atoms with E-state index in [1.807, 2.05) is 0 Å². The van der Waals surface area contributed by atoms with Gasteiger partial charge in [0.1, 0.15) is 0 Å². The van der Waals surface area contributed by atoms with Crippen LogP contribution in [0, 0.1) is 5.41 Å². The summed E-state index contributed by atoms with van der Waals surface area (Å²) in [4.78, 5) is 2.63. The minimum Gasteiger partial charge on any atom is -0.395 e. The Morgan fingerprint density at radius 3 is 2.43 bits per heavy atom. The van der Waals surface area contributed by atoms with E-state index in [9.17, 15) is 5.11 Å². The second-order valence-corrected chi connectivity index (χ2v) is 7.35. The zero-order valence-corrected chi connectivity index (χ0v) is 14.1. The van der Waals surface area contributed by atoms with Crippen molar-refractivity contribution in [2.24, 2.45) is 5.41 Å². The third-order valence-electron chi connectivity index (χ3n) is 5.66. The van der Waals surface area contributed by atoms with E-state index in [2.05, 4.69) is 17.1 Å². The highest BCUT2D eigenvalue weighted by Crippen LogP contribution is 2.36. The van der Waals surface area contributed by atoms with Gasteiger partial charge in [0.2, 0.25) is 0 Å². The topological polar surface area (TPSA) is 35.5 Å². The molecule has 3 nitrogen and oxygen atoms in total. The Bertz CT molecular complexity index is 274. The number of likely N-dealkylation sites (tertiary alicyclic amines) is 1. The van der Waals surface area contributed by atoms with Crippen LogP contribution in [0.1, 0.15) is 71.1 Å². The molecule has 124 valence electrons. The first-order chi connectivity index (χ1) is 10.3. The summed E-state index contributed by atoms with van der Waals surface area (Å²) in [5, 5.41) is 13.4. The van der Waals surface area contributed by atoms with Crippen LogP contribution in [0.2, 0.25) is 0 Å². The lowest BCUT2D eigenvalue weighted by atomic mass is 9.79. The number of aliphatic hydroxyl groups excluding tert-OH is 1. The molecule has 0 radical (unpaired) electrons. The second kappa shape index (κ2) is 9.12. The Labute approximate surface area is 131 Å². The lowest BCUT2D eigenvalue weighted by Gasteiger charge is -2.40. The van der Waals surface area contributed by atoms with E-state index in [4.69, 9.17) is 0 Å². The minimum atomic E-state index is 0.345. The highest BCUT2D eigenvalue weighted by Gasteiger charge is 2.34. The van der Waals surface area contributed by atoms with Gasteiger partial charge in [-0.25, -0.2) is 0 Å². The van der Waals surface area contributed by atoms with Crippen molar-refractivity contribution in [1.82, 2.24) is 10.2 Å². The molecule has 3 heteroatoms. The van der Waals surface area contributed by atoms with Crippen LogP contribution in [-0.2, 0) is 0 Å². The minimum absolute atomic E-state index is 0.345. The van der Waals surface area contributed by atoms with Gasteiger partial charge in [0.15, 0.2) is 0 Å². The monoisotopic (exact) mass is 296 g/mol. The normalized spacial score (nSPS) is 28.0. The molecule has 0 aromatic carbocycles. The van der Waals surface area contributed by atoms with E-state index in [1.54, 1.807) is 0 Å². The Morgan fingerprint density at radius 1 is 1.05 bits per heavy atom. The van der Waals surface area contributed by atoms with Crippen LogP contribution < -0.4 is 5.32 Å². The van der Waals surface area contributed by atoms with Crippen molar-refractivity contribution in [3.63, 3.8) is 0 Å². The molecule has 1 saturated heterocycles. The maximum atomic E-state index is 9.77. The fraction of sp³-hybridized carbons (Fsp3) is 1.00. The summed E-state index contributed by atoms with van der Waals surface area (Å²) < 4.78 is 0. The predicted molar refractivity (Wildman–Crippen MR) is 89.6 cm³/mol. The van der Waals surface area contributed by atoms with Gasteiger partial charge < -0.3 is 10.4 Å². The third kappa shape index (κ3) is 5.22. The van der Waals surface area contributed by atoms with Crippen LogP contribution in [-0.4, -0.2) is 48.8 Å². The molecule has 1 atom stereocenters. The van der Waals surface area contributed by atoms with Crippen LogP contribution in [0.15, 0.2) is 0 Å². The molecule has 1 aliphatic heterocycles. The summed E-state index contributed by atoms with van der Waals surface area (Å²) in [6.07, 6.45) is 13.5. The molecular weight excluding hydrogens is 260 g/mol. The highest BCUT2D eigenvalue weighted by atomic mass is 16.3. The zero-order chi connectivity index (χ0) is 15.0. The number of aliphatic hydroxyl groups is 1. The average Bonchev–Trinajstić information content (AvgIpc) is 2.86. The van der Waals surface area contributed by atoms with Crippen molar-refractivity contribution in [1.29, 1.82) is 0 Å². The molecule has 2 N–H and O–H groups in total. The molecular formula is C18H36N2O. The average molecular weight is 296 g/mol. The molecule has 0 amide bonds. The van der Waals surface area contributed by atoms with E-state index >= 15 is 0 Å². The van der Waals surface area contributed by atoms with E-state index in [1.165, 1.54) is 77.3 Å². The maximum Gasteiger partial charge on any atom is 0.0586 e. The number of nitrogens with zero attached hydrogens (tertiary/aromatic N) is 1. The standard InChI is InChI=1S/C18H36N2O/c1-2-19-15-18(11-7-3-4-8-12-18)16-20-13-9-5-6-10-17(20)14-21/h17,19,21H,2-16H2,1H3. The van der Waals surface area contributed by atoms with Gasteiger partial charge in [0, 0.05) is 19.1 Å². The van der Waals surface area contributed by atoms with Gasteiger partial charge >= 0.3 is 0 Å². The lowest BCUT2D eigenvalue weighted by molar-refractivity contribution is 0.0647. The van der Waals surface area contributed by atoms with E-state index in [0.29, 0.717) is 18.1 Å². The van der Waals surface area contributed by atoms with Crippen molar-refractivity contribution < 1.29 is 5.11 Å². The van der Waals surface area contributed by atoms with Gasteiger partial charge in [-0.3, -0.25) is 4.90 Å². The molecule has 0 aromatic heterocycles. The van der Waals surface area contributed by atoms with Gasteiger partial charge in [0.25, 0.3) is 0 Å². The molecule has 2 aliphatic rings. The van der Waals surface area contributed by atoms with Crippen molar-refractivity contribution in [3.8, 4) is 0 Å². The third-order valence-corrected chi connectivity index (χ3v) is 5.66. The lowest BCUT2D eigenvalue weighted by Crippen LogP contribution is -2.48. The zero-order valence-electron chi connectivity index (χ0n) is 14.1. The molecule has 1 heterocycles. The second-order valence-electron chi connectivity index (χ2n) is 7.35. The quantitative estimate of drug-likeness (QED) is 0.739. The SMILES string of the molecule is CCNCC1(CN2CCCCCC2CO)CCCCCC1. The summed E-state index contributed by atoms with van der Waals surface area (Å²) in [5.74, 6) is 0. The summed E-state index contributed by atoms with van der Waals surface area (Å²) in [5.41, 5.74) is 0.449. The first kappa shape index (κ1) is 17.2. The van der Waals surface area contributed by atoms with Gasteiger partial charge in [-0.15, -0.1) is 0 Å². The summed E-state index contributed by atoms with van der Waals surface area (Å²) in [6.45, 7) is 7.19. The molecule has 21 heavy (non-hydrogen) atoms. The molecule has 1 unspecified atom stereocenters. The Balaban J connectivity index is 2.04. The first-order valence-electron chi connectivity index (χ1n) is 9.35. The Morgan fingerprint density at radius 2 is 1.76 bits per heavy atom. The highest BCUT2D eigenvalue weighted by molar-refractivity contribution is 4.89. The predicted octanol–water partition coefficient (Wildman–Crippen LogP) is 3.17. The Hall–Kier alpha value is -0.120. The fourth-order valence-electron chi connectivity index (χ4n) is 4.34. The van der Waals surface area contributed by atoms with Crippen LogP contribution in [0.5, 0.6) is 0 Å². The molecule has 2 fully saturated rings. The summed E-state index contributed by atoms with van der Waals surface area (Å²) >= 11 is 0. The van der Waals surface area contributed by atoms with Crippen LogP contribution in [0.3, 0.4) is 0 Å². The molecule has 0 bridgehead atoms. The van der Waals surface area contributed by atoms with Gasteiger partial charge in [0.05, 0.1) is 6.61 Å². The van der Waals surface area contributed by atoms with E-state index in [-0.39, 0.29) is 0 Å². The van der Waals surface area contributed by atoms with Crippen LogP contribution >= 0.6 is 0 Å². The van der Waals surface area contributed by atoms with Gasteiger partial charge in [-0.1, -0.05) is 45.4 Å². The van der Waals surface area contributed by atoms with Crippen molar-refractivity contribution in [2.75, 3.05) is 32.8 Å². The molecule has 0 spiro atoms. The number of rotatable bonds is 6. The summed E-state index contributed by atoms with van der Waals surface area (Å²) in [7, 11) is 0. The number of hydrogen-bond donors (Lipinski definition) is 2. The van der Waals surface area contributed by atoms with Crippen LogP contribution in [0.25, 0.3) is 0 Å². The Kier molecular flexibility index (Phi) is 7.48. The van der Waals surface area contributed by atoms with Crippen molar-refractivity contribution in [2.45, 2.75) is 77.2 Å². The number of hydrogen-bond acceptors (Lipinski definition) is 3. The van der Waals surface area contributed by atoms with E-state index in [0.717, 1.165) is 13.1 Å². The first-order valence-corrected chi connectivity index (χ1v) is 9.35. The van der Waals surface area contributed by atoms with Crippen molar-refractivity contribution >= 4 is 0 Å². The summed E-state index contributed by atoms with van der Waals surface area (Å²) in [6, 6.07) is 0.411. The number of nitrogens with one attached hydrogen (secondary N) is 1.